The Morgan fingerprint density at radius 2 is 1.88 bits per heavy atom. The SMILES string of the molecule is O=C(Nc1cnc(N2CCN3CCC2CC3)nc1)c1cccc(Cl)c1. The van der Waals surface area contributed by atoms with Crippen molar-refractivity contribution >= 4 is 29.1 Å². The Morgan fingerprint density at radius 1 is 1.12 bits per heavy atom. The molecule has 25 heavy (non-hydrogen) atoms. The molecular formula is C18H20ClN5O. The Labute approximate surface area is 151 Å². The number of halogens is 1. The van der Waals surface area contributed by atoms with Gasteiger partial charge in [-0.2, -0.15) is 0 Å². The lowest BCUT2D eigenvalue weighted by Crippen LogP contribution is -2.38. The first-order valence-electron chi connectivity index (χ1n) is 8.57. The number of anilines is 2. The summed E-state index contributed by atoms with van der Waals surface area (Å²) in [7, 11) is 0. The molecule has 1 amide bonds. The summed E-state index contributed by atoms with van der Waals surface area (Å²) in [6.45, 7) is 4.34. The molecule has 1 aromatic heterocycles. The van der Waals surface area contributed by atoms with Crippen molar-refractivity contribution in [1.82, 2.24) is 14.9 Å². The predicted octanol–water partition coefficient (Wildman–Crippen LogP) is 2.67. The van der Waals surface area contributed by atoms with Gasteiger partial charge in [0, 0.05) is 42.8 Å². The first-order valence-corrected chi connectivity index (χ1v) is 8.95. The van der Waals surface area contributed by atoms with Crippen LogP contribution in [0.25, 0.3) is 0 Å². The number of piperidine rings is 1. The van der Waals surface area contributed by atoms with E-state index in [0.29, 0.717) is 22.3 Å². The molecule has 5 rings (SSSR count). The van der Waals surface area contributed by atoms with Crippen LogP contribution in [-0.2, 0) is 0 Å². The summed E-state index contributed by atoms with van der Waals surface area (Å²) in [6.07, 6.45) is 5.66. The van der Waals surface area contributed by atoms with E-state index in [9.17, 15) is 4.79 Å². The van der Waals surface area contributed by atoms with Gasteiger partial charge in [-0.1, -0.05) is 17.7 Å². The number of rotatable bonds is 3. The Morgan fingerprint density at radius 3 is 2.60 bits per heavy atom. The van der Waals surface area contributed by atoms with Crippen LogP contribution in [0.4, 0.5) is 11.6 Å². The second kappa shape index (κ2) is 6.98. The number of hydrogen-bond acceptors (Lipinski definition) is 5. The molecule has 6 nitrogen and oxygen atoms in total. The quantitative estimate of drug-likeness (QED) is 0.915. The van der Waals surface area contributed by atoms with E-state index in [0.717, 1.165) is 45.0 Å². The van der Waals surface area contributed by atoms with Gasteiger partial charge < -0.3 is 15.1 Å². The zero-order chi connectivity index (χ0) is 17.2. The van der Waals surface area contributed by atoms with Gasteiger partial charge >= 0.3 is 0 Å². The molecule has 0 spiro atoms. The fraction of sp³-hybridized carbons (Fsp3) is 0.389. The Kier molecular flexibility index (Phi) is 4.55. The topological polar surface area (TPSA) is 61.4 Å². The summed E-state index contributed by atoms with van der Waals surface area (Å²) in [5, 5.41) is 3.35. The molecule has 0 unspecified atom stereocenters. The first-order chi connectivity index (χ1) is 12.2. The summed E-state index contributed by atoms with van der Waals surface area (Å²) in [5.41, 5.74) is 1.09. The lowest BCUT2D eigenvalue weighted by atomic mass is 10.1. The third-order valence-electron chi connectivity index (χ3n) is 4.89. The fourth-order valence-corrected chi connectivity index (χ4v) is 3.71. The van der Waals surface area contributed by atoms with Crippen molar-refractivity contribution in [2.75, 3.05) is 36.4 Å². The zero-order valence-corrected chi connectivity index (χ0v) is 14.6. The van der Waals surface area contributed by atoms with Crippen molar-refractivity contribution in [3.8, 4) is 0 Å². The van der Waals surface area contributed by atoms with E-state index in [1.807, 2.05) is 0 Å². The van der Waals surface area contributed by atoms with Gasteiger partial charge in [0.15, 0.2) is 0 Å². The number of nitrogens with one attached hydrogen (secondary N) is 1. The second-order valence-electron chi connectivity index (χ2n) is 6.50. The maximum Gasteiger partial charge on any atom is 0.255 e. The highest BCUT2D eigenvalue weighted by atomic mass is 35.5. The Balaban J connectivity index is 1.46. The van der Waals surface area contributed by atoms with Gasteiger partial charge in [0.2, 0.25) is 5.95 Å². The van der Waals surface area contributed by atoms with Crippen LogP contribution in [0, 0.1) is 0 Å². The van der Waals surface area contributed by atoms with Crippen molar-refractivity contribution in [1.29, 1.82) is 0 Å². The number of benzene rings is 1. The average Bonchev–Trinajstić information content (AvgIpc) is 2.96. The number of carbonyl (C=O) groups excluding carboxylic acids is 1. The number of amides is 1. The van der Waals surface area contributed by atoms with E-state index >= 15 is 0 Å². The maximum atomic E-state index is 12.3. The zero-order valence-electron chi connectivity index (χ0n) is 13.9. The Bertz CT molecular complexity index is 758. The number of aromatic nitrogens is 2. The molecule has 130 valence electrons. The third-order valence-corrected chi connectivity index (χ3v) is 5.13. The van der Waals surface area contributed by atoms with Crippen LogP contribution in [0.1, 0.15) is 23.2 Å². The molecule has 4 heterocycles. The van der Waals surface area contributed by atoms with Crippen molar-refractivity contribution in [3.05, 3.63) is 47.2 Å². The summed E-state index contributed by atoms with van der Waals surface area (Å²) < 4.78 is 0. The van der Waals surface area contributed by atoms with Crippen LogP contribution >= 0.6 is 11.6 Å². The van der Waals surface area contributed by atoms with E-state index in [-0.39, 0.29) is 5.91 Å². The van der Waals surface area contributed by atoms with E-state index in [2.05, 4.69) is 25.1 Å². The van der Waals surface area contributed by atoms with Gasteiger partial charge in [0.25, 0.3) is 5.91 Å². The van der Waals surface area contributed by atoms with Crippen LogP contribution < -0.4 is 10.2 Å². The summed E-state index contributed by atoms with van der Waals surface area (Å²) >= 11 is 5.93. The van der Waals surface area contributed by atoms with Gasteiger partial charge in [-0.25, -0.2) is 9.97 Å². The largest absolute Gasteiger partial charge is 0.336 e. The molecule has 2 aromatic rings. The summed E-state index contributed by atoms with van der Waals surface area (Å²) in [4.78, 5) is 26.0. The first kappa shape index (κ1) is 16.3. The molecule has 0 saturated carbocycles. The van der Waals surface area contributed by atoms with Gasteiger partial charge in [-0.15, -0.1) is 0 Å². The van der Waals surface area contributed by atoms with E-state index in [1.54, 1.807) is 36.7 Å². The van der Waals surface area contributed by atoms with E-state index in [1.165, 1.54) is 0 Å². The molecule has 1 N–H and O–H groups in total. The van der Waals surface area contributed by atoms with Crippen molar-refractivity contribution in [3.63, 3.8) is 0 Å². The highest BCUT2D eigenvalue weighted by molar-refractivity contribution is 6.31. The van der Waals surface area contributed by atoms with Crippen LogP contribution in [0.3, 0.4) is 0 Å². The van der Waals surface area contributed by atoms with Crippen LogP contribution in [0.2, 0.25) is 5.02 Å². The monoisotopic (exact) mass is 357 g/mol. The van der Waals surface area contributed by atoms with Crippen molar-refractivity contribution < 1.29 is 4.79 Å². The molecule has 0 aliphatic carbocycles. The lowest BCUT2D eigenvalue weighted by molar-refractivity contribution is 0.102. The highest BCUT2D eigenvalue weighted by Gasteiger charge is 2.30. The Hall–Kier alpha value is -2.18. The van der Waals surface area contributed by atoms with Gasteiger partial charge in [0.1, 0.15) is 0 Å². The summed E-state index contributed by atoms with van der Waals surface area (Å²) in [5.74, 6) is 0.523. The minimum atomic E-state index is -0.222. The molecule has 3 aliphatic rings. The van der Waals surface area contributed by atoms with Crippen molar-refractivity contribution in [2.45, 2.75) is 18.9 Å². The van der Waals surface area contributed by atoms with Crippen LogP contribution in [0.5, 0.6) is 0 Å². The van der Waals surface area contributed by atoms with Gasteiger partial charge in [-0.3, -0.25) is 4.79 Å². The summed E-state index contributed by atoms with van der Waals surface area (Å²) in [6, 6.07) is 7.36. The van der Waals surface area contributed by atoms with E-state index < -0.39 is 0 Å². The average molecular weight is 358 g/mol. The number of fused-ring (bicyclic) bond motifs is 4. The molecule has 0 radical (unpaired) electrons. The fourth-order valence-electron chi connectivity index (χ4n) is 3.52. The minimum absolute atomic E-state index is 0.222. The number of carbonyl (C=O) groups is 1. The predicted molar refractivity (Wildman–Crippen MR) is 98.2 cm³/mol. The van der Waals surface area contributed by atoms with Gasteiger partial charge in [-0.05, 0) is 31.0 Å². The number of hydrogen-bond donors (Lipinski definition) is 1. The molecule has 3 fully saturated rings. The van der Waals surface area contributed by atoms with Crippen molar-refractivity contribution in [2.24, 2.45) is 0 Å². The molecular weight excluding hydrogens is 338 g/mol. The molecule has 0 atom stereocenters. The minimum Gasteiger partial charge on any atom is -0.336 e. The molecule has 1 aromatic carbocycles. The molecule has 7 heteroatoms. The highest BCUT2D eigenvalue weighted by Crippen LogP contribution is 2.24. The smallest absolute Gasteiger partial charge is 0.255 e. The standard InChI is InChI=1S/C18H20ClN5O/c19-14-3-1-2-13(10-14)17(25)22-15-11-20-18(21-12-15)24-9-8-23-6-4-16(24)5-7-23/h1-3,10-12,16H,4-9H2,(H,22,25). The van der Waals surface area contributed by atoms with E-state index in [4.69, 9.17) is 11.6 Å². The van der Waals surface area contributed by atoms with Gasteiger partial charge in [0.05, 0.1) is 18.1 Å². The molecule has 3 saturated heterocycles. The van der Waals surface area contributed by atoms with Crippen LogP contribution in [0.15, 0.2) is 36.7 Å². The lowest BCUT2D eigenvalue weighted by Gasteiger charge is -2.31. The normalized spacial score (nSPS) is 22.5. The molecule has 2 bridgehead atoms. The number of nitrogens with zero attached hydrogens (tertiary/aromatic N) is 4. The maximum absolute atomic E-state index is 12.3. The second-order valence-corrected chi connectivity index (χ2v) is 6.94. The molecule has 3 aliphatic heterocycles. The third kappa shape index (κ3) is 3.60. The van der Waals surface area contributed by atoms with Crippen LogP contribution in [-0.4, -0.2) is 53.0 Å².